The first-order valence-corrected chi connectivity index (χ1v) is 5.26. The molecule has 0 saturated carbocycles. The molecule has 0 aliphatic heterocycles. The molecule has 1 aromatic rings. The Bertz CT molecular complexity index is 366. The minimum absolute atomic E-state index is 0.267. The van der Waals surface area contributed by atoms with E-state index in [0.717, 1.165) is 5.69 Å². The molecule has 1 rings (SSSR count). The van der Waals surface area contributed by atoms with Crippen LogP contribution in [0.5, 0.6) is 0 Å². The van der Waals surface area contributed by atoms with E-state index in [1.165, 1.54) is 0 Å². The fourth-order valence-corrected chi connectivity index (χ4v) is 1.19. The molecule has 0 bridgehead atoms. The van der Waals surface area contributed by atoms with Crippen LogP contribution in [0.4, 0.5) is 5.69 Å². The molecule has 16 heavy (non-hydrogen) atoms. The Kier molecular flexibility index (Phi) is 3.57. The van der Waals surface area contributed by atoms with Crippen LogP contribution in [0.2, 0.25) is 0 Å². The molecule has 5 heteroatoms. The van der Waals surface area contributed by atoms with E-state index in [0.29, 0.717) is 0 Å². The third-order valence-electron chi connectivity index (χ3n) is 1.85. The van der Waals surface area contributed by atoms with E-state index in [-0.39, 0.29) is 12.0 Å². The molecule has 1 aromatic heterocycles. The van der Waals surface area contributed by atoms with Gasteiger partial charge in [-0.15, -0.1) is 0 Å². The SMILES string of the molecule is CC(Nc1cnn(C)c1)C(=O)OC(C)(C)C. The molecule has 90 valence electrons. The highest BCUT2D eigenvalue weighted by molar-refractivity contribution is 5.79. The average Bonchev–Trinajstić information content (AvgIpc) is 2.48. The summed E-state index contributed by atoms with van der Waals surface area (Å²) in [6.07, 6.45) is 3.47. The molecule has 0 aromatic carbocycles. The van der Waals surface area contributed by atoms with Crippen molar-refractivity contribution in [3.63, 3.8) is 0 Å². The lowest BCUT2D eigenvalue weighted by Gasteiger charge is -2.22. The Labute approximate surface area is 95.8 Å². The number of aromatic nitrogens is 2. The van der Waals surface area contributed by atoms with Gasteiger partial charge in [-0.2, -0.15) is 5.10 Å². The summed E-state index contributed by atoms with van der Waals surface area (Å²) in [7, 11) is 1.82. The Morgan fingerprint density at radius 2 is 2.19 bits per heavy atom. The number of hydrogen-bond donors (Lipinski definition) is 1. The largest absolute Gasteiger partial charge is 0.458 e. The number of carbonyl (C=O) groups is 1. The molecule has 0 fully saturated rings. The second-order valence-corrected chi connectivity index (χ2v) is 4.80. The van der Waals surface area contributed by atoms with Gasteiger partial charge >= 0.3 is 5.97 Å². The quantitative estimate of drug-likeness (QED) is 0.793. The second-order valence-electron chi connectivity index (χ2n) is 4.80. The molecule has 0 aliphatic rings. The van der Waals surface area contributed by atoms with Gasteiger partial charge in [0, 0.05) is 13.2 Å². The van der Waals surface area contributed by atoms with Crippen LogP contribution in [0.25, 0.3) is 0 Å². The normalized spacial score (nSPS) is 13.3. The van der Waals surface area contributed by atoms with Gasteiger partial charge in [0.05, 0.1) is 11.9 Å². The number of rotatable bonds is 3. The van der Waals surface area contributed by atoms with Crippen molar-refractivity contribution >= 4 is 11.7 Å². The van der Waals surface area contributed by atoms with Gasteiger partial charge < -0.3 is 10.1 Å². The van der Waals surface area contributed by atoms with Crippen LogP contribution in [0.15, 0.2) is 12.4 Å². The van der Waals surface area contributed by atoms with E-state index < -0.39 is 5.60 Å². The third-order valence-corrected chi connectivity index (χ3v) is 1.85. The number of carbonyl (C=O) groups excluding carboxylic acids is 1. The van der Waals surface area contributed by atoms with Crippen LogP contribution < -0.4 is 5.32 Å². The summed E-state index contributed by atoms with van der Waals surface area (Å²) in [6.45, 7) is 7.31. The molecule has 5 nitrogen and oxygen atoms in total. The molecule has 1 N–H and O–H groups in total. The van der Waals surface area contributed by atoms with Gasteiger partial charge in [0.2, 0.25) is 0 Å². The van der Waals surface area contributed by atoms with E-state index >= 15 is 0 Å². The fraction of sp³-hybridized carbons (Fsp3) is 0.636. The molecule has 0 spiro atoms. The molecular formula is C11H19N3O2. The zero-order valence-corrected chi connectivity index (χ0v) is 10.4. The summed E-state index contributed by atoms with van der Waals surface area (Å²) in [6, 6.07) is -0.386. The summed E-state index contributed by atoms with van der Waals surface area (Å²) < 4.78 is 6.92. The molecule has 0 radical (unpaired) electrons. The van der Waals surface area contributed by atoms with E-state index in [1.807, 2.05) is 27.8 Å². The van der Waals surface area contributed by atoms with Crippen LogP contribution in [-0.2, 0) is 16.6 Å². The molecule has 0 saturated heterocycles. The van der Waals surface area contributed by atoms with Crippen LogP contribution >= 0.6 is 0 Å². The van der Waals surface area contributed by atoms with Crippen LogP contribution in [0.3, 0.4) is 0 Å². The molecular weight excluding hydrogens is 206 g/mol. The van der Waals surface area contributed by atoms with E-state index in [1.54, 1.807) is 24.0 Å². The highest BCUT2D eigenvalue weighted by Gasteiger charge is 2.21. The van der Waals surface area contributed by atoms with Crippen molar-refractivity contribution in [2.24, 2.45) is 7.05 Å². The lowest BCUT2D eigenvalue weighted by Crippen LogP contribution is -2.34. The number of nitrogens with zero attached hydrogens (tertiary/aromatic N) is 2. The van der Waals surface area contributed by atoms with Gasteiger partial charge in [-0.3, -0.25) is 4.68 Å². The van der Waals surface area contributed by atoms with Crippen molar-refractivity contribution < 1.29 is 9.53 Å². The minimum atomic E-state index is -0.456. The van der Waals surface area contributed by atoms with Gasteiger partial charge in [0.25, 0.3) is 0 Å². The van der Waals surface area contributed by atoms with E-state index in [2.05, 4.69) is 10.4 Å². The molecule has 1 heterocycles. The summed E-state index contributed by atoms with van der Waals surface area (Å²) in [5, 5.41) is 7.03. The fourth-order valence-electron chi connectivity index (χ4n) is 1.19. The van der Waals surface area contributed by atoms with Crippen molar-refractivity contribution in [3.8, 4) is 0 Å². The van der Waals surface area contributed by atoms with Gasteiger partial charge in [0.15, 0.2) is 0 Å². The summed E-state index contributed by atoms with van der Waals surface area (Å²) in [4.78, 5) is 11.7. The average molecular weight is 225 g/mol. The summed E-state index contributed by atoms with van der Waals surface area (Å²) in [5.74, 6) is -0.267. The maximum Gasteiger partial charge on any atom is 0.328 e. The number of ether oxygens (including phenoxy) is 1. The lowest BCUT2D eigenvalue weighted by molar-refractivity contribution is -0.155. The van der Waals surface area contributed by atoms with Crippen molar-refractivity contribution in [2.75, 3.05) is 5.32 Å². The molecule has 1 atom stereocenters. The Morgan fingerprint density at radius 1 is 1.56 bits per heavy atom. The predicted molar refractivity (Wildman–Crippen MR) is 62.1 cm³/mol. The number of aryl methyl sites for hydroxylation is 1. The van der Waals surface area contributed by atoms with Crippen molar-refractivity contribution in [1.82, 2.24) is 9.78 Å². The van der Waals surface area contributed by atoms with Gasteiger partial charge in [-0.05, 0) is 27.7 Å². The van der Waals surface area contributed by atoms with Crippen molar-refractivity contribution in [1.29, 1.82) is 0 Å². The first kappa shape index (κ1) is 12.5. The topological polar surface area (TPSA) is 56.2 Å². The van der Waals surface area contributed by atoms with E-state index in [4.69, 9.17) is 4.74 Å². The third kappa shape index (κ3) is 3.92. The highest BCUT2D eigenvalue weighted by atomic mass is 16.6. The van der Waals surface area contributed by atoms with Crippen LogP contribution in [0, 0.1) is 0 Å². The maximum atomic E-state index is 11.7. The number of anilines is 1. The molecule has 1 unspecified atom stereocenters. The zero-order valence-electron chi connectivity index (χ0n) is 10.4. The lowest BCUT2D eigenvalue weighted by atomic mass is 10.2. The Morgan fingerprint density at radius 3 is 2.62 bits per heavy atom. The van der Waals surface area contributed by atoms with Gasteiger partial charge in [0.1, 0.15) is 11.6 Å². The smallest absolute Gasteiger partial charge is 0.328 e. The maximum absolute atomic E-state index is 11.7. The number of hydrogen-bond acceptors (Lipinski definition) is 4. The summed E-state index contributed by atoms with van der Waals surface area (Å²) in [5.41, 5.74) is 0.350. The van der Waals surface area contributed by atoms with Crippen LogP contribution in [0.1, 0.15) is 27.7 Å². The van der Waals surface area contributed by atoms with E-state index in [9.17, 15) is 4.79 Å². The molecule has 0 aliphatic carbocycles. The first-order valence-electron chi connectivity index (χ1n) is 5.26. The standard InChI is InChI=1S/C11H19N3O2/c1-8(10(15)16-11(2,3)4)13-9-6-12-14(5)7-9/h6-8,13H,1-5H3. The highest BCUT2D eigenvalue weighted by Crippen LogP contribution is 2.11. The Balaban J connectivity index is 2.52. The van der Waals surface area contributed by atoms with Crippen LogP contribution in [-0.4, -0.2) is 27.4 Å². The van der Waals surface area contributed by atoms with Gasteiger partial charge in [-0.25, -0.2) is 4.79 Å². The van der Waals surface area contributed by atoms with Crippen molar-refractivity contribution in [2.45, 2.75) is 39.3 Å². The zero-order chi connectivity index (χ0) is 12.3. The first-order chi connectivity index (χ1) is 7.28. The second kappa shape index (κ2) is 4.55. The predicted octanol–water partition coefficient (Wildman–Crippen LogP) is 1.56. The van der Waals surface area contributed by atoms with Crippen molar-refractivity contribution in [3.05, 3.63) is 12.4 Å². The Hall–Kier alpha value is -1.52. The number of nitrogens with one attached hydrogen (secondary N) is 1. The summed E-state index contributed by atoms with van der Waals surface area (Å²) >= 11 is 0. The minimum Gasteiger partial charge on any atom is -0.458 e. The molecule has 0 amide bonds. The monoisotopic (exact) mass is 225 g/mol. The number of esters is 1. The van der Waals surface area contributed by atoms with Gasteiger partial charge in [-0.1, -0.05) is 0 Å².